The summed E-state index contributed by atoms with van der Waals surface area (Å²) < 4.78 is 10.9. The van der Waals surface area contributed by atoms with E-state index in [9.17, 15) is 4.79 Å². The second kappa shape index (κ2) is 8.71. The summed E-state index contributed by atoms with van der Waals surface area (Å²) in [5.41, 5.74) is 3.55. The van der Waals surface area contributed by atoms with Crippen LogP contribution in [0.5, 0.6) is 0 Å². The number of morpholine rings is 1. The van der Waals surface area contributed by atoms with E-state index >= 15 is 0 Å². The smallest absolute Gasteiger partial charge is 0.291 e. The first-order valence-electron chi connectivity index (χ1n) is 9.67. The summed E-state index contributed by atoms with van der Waals surface area (Å²) in [6, 6.07) is 11.5. The molecule has 4 rings (SSSR count). The first-order chi connectivity index (χ1) is 14.0. The third-order valence-electron chi connectivity index (χ3n) is 5.44. The van der Waals surface area contributed by atoms with E-state index in [1.807, 2.05) is 12.1 Å². The maximum Gasteiger partial charge on any atom is 0.291 e. The molecule has 0 unspecified atom stereocenters. The van der Waals surface area contributed by atoms with E-state index in [1.165, 1.54) is 27.2 Å². The number of quaternary nitrogens is 1. The van der Waals surface area contributed by atoms with Crippen molar-refractivity contribution in [2.75, 3.05) is 31.6 Å². The van der Waals surface area contributed by atoms with Crippen LogP contribution in [0.1, 0.15) is 38.2 Å². The molecular formula is C22H24ClN2O3S+. The van der Waals surface area contributed by atoms with Gasteiger partial charge in [-0.25, -0.2) is 0 Å². The minimum atomic E-state index is -0.232. The van der Waals surface area contributed by atoms with E-state index in [4.69, 9.17) is 20.8 Å². The zero-order valence-electron chi connectivity index (χ0n) is 16.5. The lowest BCUT2D eigenvalue weighted by Gasteiger charge is -2.32. The number of amides is 1. The van der Waals surface area contributed by atoms with Gasteiger partial charge in [-0.15, -0.1) is 11.3 Å². The monoisotopic (exact) mass is 431 g/mol. The molecule has 3 aromatic rings. The molecule has 0 aliphatic carbocycles. The van der Waals surface area contributed by atoms with Crippen LogP contribution < -0.4 is 10.2 Å². The Kier molecular flexibility index (Phi) is 6.06. The fourth-order valence-corrected chi connectivity index (χ4v) is 5.06. The van der Waals surface area contributed by atoms with Crippen molar-refractivity contribution in [3.05, 3.63) is 75.0 Å². The van der Waals surface area contributed by atoms with Gasteiger partial charge in [-0.2, -0.15) is 0 Å². The van der Waals surface area contributed by atoms with Crippen molar-refractivity contribution in [2.45, 2.75) is 19.9 Å². The lowest BCUT2D eigenvalue weighted by atomic mass is 9.94. The zero-order valence-corrected chi connectivity index (χ0v) is 18.0. The highest BCUT2D eigenvalue weighted by molar-refractivity contribution is 7.16. The van der Waals surface area contributed by atoms with Gasteiger partial charge in [0.15, 0.2) is 5.76 Å². The molecular weight excluding hydrogens is 408 g/mol. The molecule has 1 atom stereocenters. The van der Waals surface area contributed by atoms with E-state index in [2.05, 4.69) is 31.3 Å². The summed E-state index contributed by atoms with van der Waals surface area (Å²) in [6.07, 6.45) is 1.51. The van der Waals surface area contributed by atoms with Gasteiger partial charge in [-0.1, -0.05) is 23.7 Å². The molecule has 1 aromatic carbocycles. The number of nitrogens with one attached hydrogen (secondary N) is 2. The van der Waals surface area contributed by atoms with Crippen LogP contribution in [0.3, 0.4) is 0 Å². The molecule has 3 heterocycles. The van der Waals surface area contributed by atoms with Crippen molar-refractivity contribution < 1.29 is 18.8 Å². The normalized spacial score (nSPS) is 16.0. The van der Waals surface area contributed by atoms with E-state index in [0.717, 1.165) is 36.9 Å². The summed E-state index contributed by atoms with van der Waals surface area (Å²) >= 11 is 7.76. The number of hydrogen-bond acceptors (Lipinski definition) is 4. The van der Waals surface area contributed by atoms with Crippen molar-refractivity contribution in [1.82, 2.24) is 0 Å². The molecule has 0 bridgehead atoms. The Morgan fingerprint density at radius 2 is 1.90 bits per heavy atom. The Labute approximate surface area is 179 Å². The van der Waals surface area contributed by atoms with Crippen molar-refractivity contribution in [3.63, 3.8) is 0 Å². The standard InChI is InChI=1S/C22H23ClN2O3S/c1-14-15(2)29-22(24-21(26)18-4-3-11-28-18)19(14)20(25-9-12-27-13-10-25)16-5-7-17(23)8-6-16/h3-8,11,20H,9-10,12-13H2,1-2H3,(H,24,26)/p+1/t20-/m1/s1. The lowest BCUT2D eigenvalue weighted by Crippen LogP contribution is -3.14. The van der Waals surface area contributed by atoms with Gasteiger partial charge in [0, 0.05) is 15.5 Å². The average molecular weight is 432 g/mol. The molecule has 0 spiro atoms. The van der Waals surface area contributed by atoms with E-state index in [-0.39, 0.29) is 11.9 Å². The predicted molar refractivity (Wildman–Crippen MR) is 115 cm³/mol. The Morgan fingerprint density at radius 1 is 1.17 bits per heavy atom. The molecule has 1 fully saturated rings. The molecule has 1 aliphatic heterocycles. The quantitative estimate of drug-likeness (QED) is 0.644. The first kappa shape index (κ1) is 20.2. The van der Waals surface area contributed by atoms with Gasteiger partial charge >= 0.3 is 0 Å². The first-order valence-corrected chi connectivity index (χ1v) is 10.9. The predicted octanol–water partition coefficient (Wildman–Crippen LogP) is 3.87. The van der Waals surface area contributed by atoms with Gasteiger partial charge in [0.2, 0.25) is 0 Å². The third-order valence-corrected chi connectivity index (χ3v) is 6.83. The summed E-state index contributed by atoms with van der Waals surface area (Å²) in [4.78, 5) is 15.3. The number of carbonyl (C=O) groups is 1. The lowest BCUT2D eigenvalue weighted by molar-refractivity contribution is -0.933. The molecule has 152 valence electrons. The fourth-order valence-electron chi connectivity index (χ4n) is 3.84. The number of carbonyl (C=O) groups excluding carboxylic acids is 1. The maximum atomic E-state index is 12.7. The van der Waals surface area contributed by atoms with Crippen molar-refractivity contribution in [3.8, 4) is 0 Å². The Morgan fingerprint density at radius 3 is 2.55 bits per heavy atom. The van der Waals surface area contributed by atoms with Gasteiger partial charge < -0.3 is 19.4 Å². The van der Waals surface area contributed by atoms with Gasteiger partial charge in [-0.05, 0) is 43.7 Å². The Bertz CT molecular complexity index is 976. The third kappa shape index (κ3) is 4.26. The Balaban J connectivity index is 1.77. The van der Waals surface area contributed by atoms with Crippen molar-refractivity contribution in [2.24, 2.45) is 0 Å². The van der Waals surface area contributed by atoms with E-state index in [0.29, 0.717) is 10.8 Å². The number of anilines is 1. The highest BCUT2D eigenvalue weighted by atomic mass is 35.5. The molecule has 1 saturated heterocycles. The number of hydrogen-bond donors (Lipinski definition) is 2. The van der Waals surface area contributed by atoms with Gasteiger partial charge in [0.1, 0.15) is 24.1 Å². The van der Waals surface area contributed by atoms with Crippen LogP contribution in [-0.2, 0) is 4.74 Å². The van der Waals surface area contributed by atoms with Crippen molar-refractivity contribution in [1.29, 1.82) is 0 Å². The summed E-state index contributed by atoms with van der Waals surface area (Å²) in [7, 11) is 0. The maximum absolute atomic E-state index is 12.7. The molecule has 5 nitrogen and oxygen atoms in total. The fraction of sp³-hybridized carbons (Fsp3) is 0.318. The number of aryl methyl sites for hydroxylation is 1. The molecule has 1 aliphatic rings. The number of benzene rings is 1. The molecule has 2 aromatic heterocycles. The molecule has 0 radical (unpaired) electrons. The molecule has 1 amide bonds. The largest absolute Gasteiger partial charge is 0.459 e. The summed E-state index contributed by atoms with van der Waals surface area (Å²) in [6.45, 7) is 7.51. The SMILES string of the molecule is Cc1sc(NC(=O)c2ccco2)c([C@@H](c2ccc(Cl)cc2)[NH+]2CCOCC2)c1C. The second-order valence-corrected chi connectivity index (χ2v) is 8.87. The van der Waals surface area contributed by atoms with E-state index in [1.54, 1.807) is 23.5 Å². The number of thiophene rings is 1. The number of ether oxygens (including phenoxy) is 1. The number of halogens is 1. The number of furan rings is 1. The minimum Gasteiger partial charge on any atom is -0.459 e. The molecule has 7 heteroatoms. The number of rotatable bonds is 5. The summed E-state index contributed by atoms with van der Waals surface area (Å²) in [5.74, 6) is 0.0748. The second-order valence-electron chi connectivity index (χ2n) is 7.21. The van der Waals surface area contributed by atoms with Crippen LogP contribution in [0, 0.1) is 13.8 Å². The van der Waals surface area contributed by atoms with Crippen LogP contribution >= 0.6 is 22.9 Å². The summed E-state index contributed by atoms with van der Waals surface area (Å²) in [5, 5.41) is 4.68. The van der Waals surface area contributed by atoms with Crippen LogP contribution in [0.25, 0.3) is 0 Å². The Hall–Kier alpha value is -2.12. The highest BCUT2D eigenvalue weighted by Gasteiger charge is 2.33. The average Bonchev–Trinajstić information content (AvgIpc) is 3.35. The highest BCUT2D eigenvalue weighted by Crippen LogP contribution is 2.38. The molecule has 29 heavy (non-hydrogen) atoms. The molecule has 2 N–H and O–H groups in total. The van der Waals surface area contributed by atoms with Crippen LogP contribution in [-0.4, -0.2) is 32.2 Å². The minimum absolute atomic E-state index is 0.0908. The topological polar surface area (TPSA) is 55.9 Å². The zero-order chi connectivity index (χ0) is 20.4. The van der Waals surface area contributed by atoms with Crippen LogP contribution in [0.15, 0.2) is 47.1 Å². The van der Waals surface area contributed by atoms with Crippen LogP contribution in [0.2, 0.25) is 5.02 Å². The molecule has 0 saturated carbocycles. The van der Waals surface area contributed by atoms with Gasteiger partial charge in [0.05, 0.1) is 25.0 Å². The van der Waals surface area contributed by atoms with Gasteiger partial charge in [-0.3, -0.25) is 4.79 Å². The van der Waals surface area contributed by atoms with E-state index < -0.39 is 0 Å². The van der Waals surface area contributed by atoms with Crippen molar-refractivity contribution >= 4 is 33.8 Å². The van der Waals surface area contributed by atoms with Crippen LogP contribution in [0.4, 0.5) is 5.00 Å². The van der Waals surface area contributed by atoms with Gasteiger partial charge in [0.25, 0.3) is 5.91 Å².